The third-order valence-corrected chi connectivity index (χ3v) is 4.60. The second-order valence-electron chi connectivity index (χ2n) is 6.52. The maximum absolute atomic E-state index is 12.4. The van der Waals surface area contributed by atoms with E-state index < -0.39 is 11.2 Å². The Bertz CT molecular complexity index is 1020. The van der Waals surface area contributed by atoms with Crippen LogP contribution in [0.15, 0.2) is 33.9 Å². The van der Waals surface area contributed by atoms with E-state index in [0.717, 1.165) is 17.5 Å². The summed E-state index contributed by atoms with van der Waals surface area (Å²) in [5.41, 5.74) is 0.629. The Morgan fingerprint density at radius 3 is 2.70 bits per heavy atom. The van der Waals surface area contributed by atoms with Crippen molar-refractivity contribution in [1.29, 1.82) is 0 Å². The molecule has 0 unspecified atom stereocenters. The number of carbonyl (C=O) groups excluding carboxylic acids is 1. The number of imidazole rings is 1. The van der Waals surface area contributed by atoms with E-state index in [1.807, 2.05) is 31.2 Å². The molecule has 1 amide bonds. The molecular formula is C18H22N6O3. The minimum absolute atomic E-state index is 0.0787. The van der Waals surface area contributed by atoms with Gasteiger partial charge in [0, 0.05) is 12.8 Å². The molecule has 2 aromatic heterocycles. The van der Waals surface area contributed by atoms with Crippen molar-refractivity contribution in [3.8, 4) is 0 Å². The Kier molecular flexibility index (Phi) is 5.49. The Balaban J connectivity index is 1.73. The molecule has 0 saturated carbocycles. The van der Waals surface area contributed by atoms with Gasteiger partial charge < -0.3 is 10.3 Å². The van der Waals surface area contributed by atoms with Gasteiger partial charge in [-0.3, -0.25) is 14.6 Å². The van der Waals surface area contributed by atoms with Gasteiger partial charge in [-0.25, -0.2) is 14.9 Å². The zero-order valence-electron chi connectivity index (χ0n) is 15.2. The quantitative estimate of drug-likeness (QED) is 0.495. The van der Waals surface area contributed by atoms with Crippen LogP contribution < -0.4 is 16.6 Å². The number of fused-ring (bicyclic) bond motifs is 1. The highest BCUT2D eigenvalue weighted by Gasteiger charge is 2.23. The highest BCUT2D eigenvalue weighted by molar-refractivity contribution is 5.77. The van der Waals surface area contributed by atoms with E-state index in [9.17, 15) is 14.4 Å². The molecule has 0 fully saturated rings. The van der Waals surface area contributed by atoms with Crippen molar-refractivity contribution < 1.29 is 4.79 Å². The number of para-hydroxylation sites is 2. The van der Waals surface area contributed by atoms with Crippen molar-refractivity contribution >= 4 is 16.9 Å². The van der Waals surface area contributed by atoms with Gasteiger partial charge in [0.15, 0.2) is 0 Å². The molecule has 2 heterocycles. The van der Waals surface area contributed by atoms with Crippen LogP contribution in [0.25, 0.3) is 11.0 Å². The first-order valence-electron chi connectivity index (χ1n) is 8.89. The number of aryl methyl sites for hydroxylation is 1. The van der Waals surface area contributed by atoms with Crippen molar-refractivity contribution in [2.45, 2.75) is 39.2 Å². The number of nitrogens with zero attached hydrogens (tertiary/aromatic N) is 2. The Morgan fingerprint density at radius 2 is 2.00 bits per heavy atom. The Hall–Kier alpha value is -3.23. The van der Waals surface area contributed by atoms with Gasteiger partial charge in [0.05, 0.1) is 17.1 Å². The van der Waals surface area contributed by atoms with Crippen LogP contribution in [0.5, 0.6) is 0 Å². The lowest BCUT2D eigenvalue weighted by Crippen LogP contribution is -2.34. The molecule has 142 valence electrons. The van der Waals surface area contributed by atoms with Gasteiger partial charge in [-0.2, -0.15) is 5.10 Å². The molecule has 1 aromatic carbocycles. The van der Waals surface area contributed by atoms with E-state index in [4.69, 9.17) is 0 Å². The lowest BCUT2D eigenvalue weighted by molar-refractivity contribution is -0.122. The minimum atomic E-state index is -0.671. The van der Waals surface area contributed by atoms with E-state index in [0.29, 0.717) is 5.82 Å². The number of aromatic nitrogens is 5. The summed E-state index contributed by atoms with van der Waals surface area (Å²) in [6.07, 6.45) is 1.07. The molecule has 0 aliphatic heterocycles. The first-order chi connectivity index (χ1) is 13.0. The van der Waals surface area contributed by atoms with Gasteiger partial charge in [0.1, 0.15) is 11.5 Å². The van der Waals surface area contributed by atoms with Crippen molar-refractivity contribution in [3.63, 3.8) is 0 Å². The summed E-state index contributed by atoms with van der Waals surface area (Å²) in [6, 6.07) is 7.43. The second kappa shape index (κ2) is 7.98. The number of amides is 1. The van der Waals surface area contributed by atoms with Crippen molar-refractivity contribution in [2.75, 3.05) is 0 Å². The van der Waals surface area contributed by atoms with Crippen LogP contribution in [-0.4, -0.2) is 31.1 Å². The van der Waals surface area contributed by atoms with Crippen LogP contribution in [0, 0.1) is 5.92 Å². The molecule has 3 aromatic rings. The number of nitrogens with one attached hydrogen (secondary N) is 4. The molecule has 0 saturated heterocycles. The van der Waals surface area contributed by atoms with Crippen LogP contribution >= 0.6 is 0 Å². The van der Waals surface area contributed by atoms with E-state index in [1.165, 1.54) is 0 Å². The summed E-state index contributed by atoms with van der Waals surface area (Å²) in [5.74, 6) is 0.663. The highest BCUT2D eigenvalue weighted by Crippen LogP contribution is 2.24. The van der Waals surface area contributed by atoms with Crippen LogP contribution in [-0.2, 0) is 11.2 Å². The molecule has 9 heteroatoms. The summed E-state index contributed by atoms with van der Waals surface area (Å²) in [5, 5.41) is 8.85. The topological polar surface area (TPSA) is 136 Å². The summed E-state index contributed by atoms with van der Waals surface area (Å²) in [7, 11) is 0. The number of carbonyl (C=O) groups is 1. The first kappa shape index (κ1) is 18.6. The zero-order chi connectivity index (χ0) is 19.4. The van der Waals surface area contributed by atoms with Gasteiger partial charge in [-0.1, -0.05) is 32.4 Å². The number of H-pyrrole nitrogens is 3. The molecule has 9 nitrogen and oxygen atoms in total. The third kappa shape index (κ3) is 4.30. The molecule has 3 rings (SSSR count). The van der Waals surface area contributed by atoms with E-state index in [2.05, 4.69) is 37.4 Å². The standard InChI is InChI=1S/C18H22N6O3/c1-3-10(2)15(16-19-11-6-4-5-7-12(11)20-16)21-14(25)9-8-13-17(26)22-18(27)24-23-13/h4-7,10,15H,3,8-9H2,1-2H3,(H,19,20)(H,21,25)(H2,22,24,26,27)/t10-,15+/m0/s1. The minimum Gasteiger partial charge on any atom is -0.346 e. The number of hydrogen-bond donors (Lipinski definition) is 4. The SMILES string of the molecule is CC[C@H](C)[C@@H](NC(=O)CCc1n[nH]c(=O)[nH]c1=O)c1nc2ccccc2[nH]1. The summed E-state index contributed by atoms with van der Waals surface area (Å²) < 4.78 is 0. The molecule has 0 aliphatic carbocycles. The fourth-order valence-corrected chi connectivity index (χ4v) is 2.85. The van der Waals surface area contributed by atoms with Crippen LogP contribution in [0.2, 0.25) is 0 Å². The van der Waals surface area contributed by atoms with E-state index in [1.54, 1.807) is 0 Å². The molecule has 2 atom stereocenters. The smallest absolute Gasteiger partial charge is 0.342 e. The number of benzene rings is 1. The molecule has 4 N–H and O–H groups in total. The van der Waals surface area contributed by atoms with E-state index >= 15 is 0 Å². The van der Waals surface area contributed by atoms with Crippen LogP contribution in [0.4, 0.5) is 0 Å². The van der Waals surface area contributed by atoms with Gasteiger partial charge in [0.2, 0.25) is 5.91 Å². The van der Waals surface area contributed by atoms with Crippen LogP contribution in [0.3, 0.4) is 0 Å². The molecule has 0 bridgehead atoms. The molecule has 0 spiro atoms. The number of aromatic amines is 3. The lowest BCUT2D eigenvalue weighted by atomic mass is 9.98. The largest absolute Gasteiger partial charge is 0.346 e. The molecule has 0 aliphatic rings. The van der Waals surface area contributed by atoms with Gasteiger partial charge in [0.25, 0.3) is 5.56 Å². The van der Waals surface area contributed by atoms with Crippen molar-refractivity contribution in [3.05, 3.63) is 56.6 Å². The molecular weight excluding hydrogens is 348 g/mol. The predicted molar refractivity (Wildman–Crippen MR) is 100 cm³/mol. The Morgan fingerprint density at radius 1 is 1.22 bits per heavy atom. The van der Waals surface area contributed by atoms with Crippen molar-refractivity contribution in [2.24, 2.45) is 5.92 Å². The summed E-state index contributed by atoms with van der Waals surface area (Å²) in [4.78, 5) is 45.1. The average Bonchev–Trinajstić information content (AvgIpc) is 3.08. The highest BCUT2D eigenvalue weighted by atomic mass is 16.2. The summed E-state index contributed by atoms with van der Waals surface area (Å²) >= 11 is 0. The normalized spacial score (nSPS) is 13.4. The first-order valence-corrected chi connectivity index (χ1v) is 8.89. The summed E-state index contributed by atoms with van der Waals surface area (Å²) in [6.45, 7) is 4.10. The average molecular weight is 370 g/mol. The third-order valence-electron chi connectivity index (χ3n) is 4.60. The van der Waals surface area contributed by atoms with E-state index in [-0.39, 0.29) is 36.4 Å². The van der Waals surface area contributed by atoms with Crippen molar-refractivity contribution in [1.82, 2.24) is 30.5 Å². The maximum atomic E-state index is 12.4. The lowest BCUT2D eigenvalue weighted by Gasteiger charge is -2.22. The fraction of sp³-hybridized carbons (Fsp3) is 0.389. The van der Waals surface area contributed by atoms with Gasteiger partial charge >= 0.3 is 5.69 Å². The van der Waals surface area contributed by atoms with Crippen LogP contribution in [0.1, 0.15) is 44.2 Å². The van der Waals surface area contributed by atoms with Gasteiger partial charge in [-0.15, -0.1) is 0 Å². The zero-order valence-corrected chi connectivity index (χ0v) is 15.2. The molecule has 0 radical (unpaired) electrons. The fourth-order valence-electron chi connectivity index (χ4n) is 2.85. The number of rotatable bonds is 7. The monoisotopic (exact) mass is 370 g/mol. The predicted octanol–water partition coefficient (Wildman–Crippen LogP) is 1.17. The number of hydrogen-bond acceptors (Lipinski definition) is 5. The van der Waals surface area contributed by atoms with Gasteiger partial charge in [-0.05, 0) is 18.1 Å². The second-order valence-corrected chi connectivity index (χ2v) is 6.52. The maximum Gasteiger partial charge on any atom is 0.342 e. The molecule has 27 heavy (non-hydrogen) atoms. The Labute approximate surface area is 154 Å².